The number of fused-ring (bicyclic) bond motifs is 1. The molecule has 1 amide bonds. The molecule has 8 heteroatoms. The van der Waals surface area contributed by atoms with E-state index < -0.39 is 0 Å². The summed E-state index contributed by atoms with van der Waals surface area (Å²) in [5.74, 6) is 1.51. The van der Waals surface area contributed by atoms with Crippen LogP contribution in [0.25, 0.3) is 17.0 Å². The molecule has 0 saturated heterocycles. The van der Waals surface area contributed by atoms with Crippen LogP contribution in [0.5, 0.6) is 0 Å². The minimum Gasteiger partial charge on any atom is -0.384 e. The number of nitrogen functional groups attached to an aromatic ring is 1. The van der Waals surface area contributed by atoms with Crippen molar-refractivity contribution in [2.24, 2.45) is 0 Å². The molecule has 0 unspecified atom stereocenters. The zero-order valence-corrected chi connectivity index (χ0v) is 18.6. The average Bonchev–Trinajstić information content (AvgIpc) is 3.17. The van der Waals surface area contributed by atoms with Crippen LogP contribution in [0.4, 0.5) is 23.0 Å². The topological polar surface area (TPSA) is 110 Å². The molecule has 0 atom stereocenters. The van der Waals surface area contributed by atoms with E-state index in [9.17, 15) is 4.79 Å². The first-order valence-corrected chi connectivity index (χ1v) is 10.8. The van der Waals surface area contributed by atoms with Crippen molar-refractivity contribution in [1.29, 1.82) is 0 Å². The minimum atomic E-state index is -0.0799. The maximum absolute atomic E-state index is 12.5. The highest BCUT2D eigenvalue weighted by atomic mass is 16.1. The lowest BCUT2D eigenvalue weighted by molar-refractivity contribution is -0.115. The molecule has 0 aliphatic carbocycles. The van der Waals surface area contributed by atoms with Crippen LogP contribution in [0.15, 0.2) is 85.1 Å². The minimum absolute atomic E-state index is 0.0799. The molecule has 0 bridgehead atoms. The Morgan fingerprint density at radius 1 is 0.912 bits per heavy atom. The Morgan fingerprint density at radius 3 is 2.53 bits per heavy atom. The zero-order valence-electron chi connectivity index (χ0n) is 18.6. The van der Waals surface area contributed by atoms with Gasteiger partial charge in [-0.1, -0.05) is 42.5 Å². The van der Waals surface area contributed by atoms with Crippen molar-refractivity contribution in [2.75, 3.05) is 16.4 Å². The largest absolute Gasteiger partial charge is 0.384 e. The van der Waals surface area contributed by atoms with Crippen LogP contribution in [-0.4, -0.2) is 25.3 Å². The molecular weight excluding hydrogens is 426 g/mol. The van der Waals surface area contributed by atoms with Gasteiger partial charge >= 0.3 is 0 Å². The van der Waals surface area contributed by atoms with Crippen LogP contribution < -0.4 is 16.4 Å². The number of imidazole rings is 1. The summed E-state index contributed by atoms with van der Waals surface area (Å²) in [7, 11) is 0. The van der Waals surface area contributed by atoms with Gasteiger partial charge < -0.3 is 16.4 Å². The molecule has 0 fully saturated rings. The van der Waals surface area contributed by atoms with Crippen molar-refractivity contribution in [3.8, 4) is 11.4 Å². The predicted molar refractivity (Wildman–Crippen MR) is 134 cm³/mol. The van der Waals surface area contributed by atoms with Crippen LogP contribution in [0, 0.1) is 6.92 Å². The van der Waals surface area contributed by atoms with Gasteiger partial charge in [0.25, 0.3) is 0 Å². The van der Waals surface area contributed by atoms with Gasteiger partial charge in [-0.25, -0.2) is 15.0 Å². The molecule has 0 saturated carbocycles. The molecule has 2 aromatic carbocycles. The number of nitrogens with one attached hydrogen (secondary N) is 2. The molecule has 8 nitrogen and oxygen atoms in total. The van der Waals surface area contributed by atoms with Crippen molar-refractivity contribution >= 4 is 34.6 Å². The molecule has 4 N–H and O–H groups in total. The number of nitrogens with two attached hydrogens (primary N) is 1. The zero-order chi connectivity index (χ0) is 23.5. The van der Waals surface area contributed by atoms with Gasteiger partial charge in [0, 0.05) is 23.6 Å². The van der Waals surface area contributed by atoms with E-state index in [0.717, 1.165) is 22.6 Å². The summed E-state index contributed by atoms with van der Waals surface area (Å²) in [5, 5.41) is 6.34. The number of anilines is 4. The van der Waals surface area contributed by atoms with Gasteiger partial charge in [-0.2, -0.15) is 0 Å². The molecule has 3 aromatic heterocycles. The maximum atomic E-state index is 12.5. The van der Waals surface area contributed by atoms with E-state index in [1.54, 1.807) is 13.0 Å². The lowest BCUT2D eigenvalue weighted by Gasteiger charge is -2.10. The number of hydrogen-bond donors (Lipinski definition) is 3. The van der Waals surface area contributed by atoms with Gasteiger partial charge in [-0.05, 0) is 42.8 Å². The van der Waals surface area contributed by atoms with Crippen molar-refractivity contribution in [3.05, 3.63) is 96.4 Å². The maximum Gasteiger partial charge on any atom is 0.228 e. The SMILES string of the molecule is Cc1nc(N)cc(-c2c(Nc3cccc(NC(=O)Cc4ccccc4)c3)nc3ccccn23)n1. The third-order valence-corrected chi connectivity index (χ3v) is 5.25. The van der Waals surface area contributed by atoms with Crippen molar-refractivity contribution in [2.45, 2.75) is 13.3 Å². The molecule has 0 radical (unpaired) electrons. The Morgan fingerprint density at radius 2 is 1.71 bits per heavy atom. The Balaban J connectivity index is 1.44. The smallest absolute Gasteiger partial charge is 0.228 e. The van der Waals surface area contributed by atoms with Crippen LogP contribution in [0.2, 0.25) is 0 Å². The van der Waals surface area contributed by atoms with Crippen LogP contribution in [0.3, 0.4) is 0 Å². The van der Waals surface area contributed by atoms with E-state index in [-0.39, 0.29) is 5.91 Å². The summed E-state index contributed by atoms with van der Waals surface area (Å²) in [6, 6.07) is 24.7. The Labute approximate surface area is 196 Å². The standard InChI is InChI=1S/C26H23N7O/c1-17-28-21(16-22(27)29-17)25-26(32-23-12-5-6-13-33(23)25)31-20-11-7-10-19(15-20)30-24(34)14-18-8-3-2-4-9-18/h2-13,15-16,31H,14H2,1H3,(H,30,34)(H2,27,28,29). The summed E-state index contributed by atoms with van der Waals surface area (Å²) in [5.41, 5.74) is 10.6. The van der Waals surface area contributed by atoms with Gasteiger partial charge in [0.2, 0.25) is 5.91 Å². The lowest BCUT2D eigenvalue weighted by Crippen LogP contribution is -2.14. The van der Waals surface area contributed by atoms with Crippen molar-refractivity contribution in [1.82, 2.24) is 19.4 Å². The lowest BCUT2D eigenvalue weighted by atomic mass is 10.1. The summed E-state index contributed by atoms with van der Waals surface area (Å²) >= 11 is 0. The molecule has 3 heterocycles. The molecule has 34 heavy (non-hydrogen) atoms. The summed E-state index contributed by atoms with van der Waals surface area (Å²) in [6.45, 7) is 1.80. The molecule has 168 valence electrons. The first kappa shape index (κ1) is 21.1. The number of pyridine rings is 1. The first-order chi connectivity index (χ1) is 16.5. The van der Waals surface area contributed by atoms with Crippen LogP contribution in [-0.2, 0) is 11.2 Å². The van der Waals surface area contributed by atoms with Gasteiger partial charge in [-0.3, -0.25) is 9.20 Å². The molecular formula is C26H23N7O. The fourth-order valence-electron chi connectivity index (χ4n) is 3.84. The summed E-state index contributed by atoms with van der Waals surface area (Å²) < 4.78 is 1.95. The van der Waals surface area contributed by atoms with Gasteiger partial charge in [0.05, 0.1) is 12.1 Å². The molecule has 0 aliphatic rings. The highest BCUT2D eigenvalue weighted by Gasteiger charge is 2.17. The van der Waals surface area contributed by atoms with Gasteiger partial charge in [-0.15, -0.1) is 0 Å². The van der Waals surface area contributed by atoms with E-state index in [2.05, 4.69) is 20.6 Å². The quantitative estimate of drug-likeness (QED) is 0.349. The second kappa shape index (κ2) is 9.03. The monoisotopic (exact) mass is 449 g/mol. The highest BCUT2D eigenvalue weighted by Crippen LogP contribution is 2.31. The number of hydrogen-bond acceptors (Lipinski definition) is 6. The number of benzene rings is 2. The summed E-state index contributed by atoms with van der Waals surface area (Å²) in [6.07, 6.45) is 2.24. The Bertz CT molecular complexity index is 1460. The highest BCUT2D eigenvalue weighted by molar-refractivity contribution is 5.93. The fourth-order valence-corrected chi connectivity index (χ4v) is 3.84. The predicted octanol–water partition coefficient (Wildman–Crippen LogP) is 4.61. The molecule has 5 rings (SSSR count). The van der Waals surface area contributed by atoms with E-state index >= 15 is 0 Å². The number of rotatable bonds is 6. The van der Waals surface area contributed by atoms with Crippen LogP contribution in [0.1, 0.15) is 11.4 Å². The number of nitrogens with zero attached hydrogens (tertiary/aromatic N) is 4. The molecule has 0 spiro atoms. The van der Waals surface area contributed by atoms with Gasteiger partial charge in [0.15, 0.2) is 5.82 Å². The van der Waals surface area contributed by atoms with E-state index in [4.69, 9.17) is 10.7 Å². The number of aryl methyl sites for hydroxylation is 1. The first-order valence-electron chi connectivity index (χ1n) is 10.8. The van der Waals surface area contributed by atoms with E-state index in [0.29, 0.717) is 35.3 Å². The number of carbonyl (C=O) groups excluding carboxylic acids is 1. The molecule has 5 aromatic rings. The van der Waals surface area contributed by atoms with Crippen LogP contribution >= 0.6 is 0 Å². The van der Waals surface area contributed by atoms with E-state index in [1.165, 1.54) is 0 Å². The number of aromatic nitrogens is 4. The normalized spacial score (nSPS) is 10.9. The number of carbonyl (C=O) groups is 1. The Kier molecular flexibility index (Phi) is 5.61. The Hall–Kier alpha value is -4.72. The summed E-state index contributed by atoms with van der Waals surface area (Å²) in [4.78, 5) is 26.0. The second-order valence-electron chi connectivity index (χ2n) is 7.88. The average molecular weight is 450 g/mol. The molecule has 0 aliphatic heterocycles. The van der Waals surface area contributed by atoms with Crippen molar-refractivity contribution < 1.29 is 4.79 Å². The van der Waals surface area contributed by atoms with Crippen molar-refractivity contribution in [3.63, 3.8) is 0 Å². The van der Waals surface area contributed by atoms with E-state index in [1.807, 2.05) is 83.4 Å². The van der Waals surface area contributed by atoms with Gasteiger partial charge in [0.1, 0.15) is 23.0 Å². The number of amides is 1. The fraction of sp³-hybridized carbons (Fsp3) is 0.0769. The third-order valence-electron chi connectivity index (χ3n) is 5.25. The second-order valence-corrected chi connectivity index (χ2v) is 7.88. The third kappa shape index (κ3) is 4.56.